The number of hydrogen-bond donors (Lipinski definition) is 0. The highest BCUT2D eigenvalue weighted by Gasteiger charge is 2.58. The van der Waals surface area contributed by atoms with Gasteiger partial charge < -0.3 is 4.74 Å². The van der Waals surface area contributed by atoms with Gasteiger partial charge in [-0.1, -0.05) is 18.2 Å². The Morgan fingerprint density at radius 3 is 2.52 bits per heavy atom. The largest absolute Gasteiger partial charge is 0.498 e. The molecular weight excluding hydrogens is 342 g/mol. The molecule has 27 heavy (non-hydrogen) atoms. The van der Waals surface area contributed by atoms with E-state index in [1.54, 1.807) is 0 Å². The number of ketones is 1. The normalized spacial score (nSPS) is 33.2. The summed E-state index contributed by atoms with van der Waals surface area (Å²) in [5.41, 5.74) is 1.67. The summed E-state index contributed by atoms with van der Waals surface area (Å²) < 4.78 is 6.06. The summed E-state index contributed by atoms with van der Waals surface area (Å²) >= 11 is 0. The number of rotatable bonds is 1. The first kappa shape index (κ1) is 16.7. The smallest absolute Gasteiger partial charge is 0.241 e. The van der Waals surface area contributed by atoms with Gasteiger partial charge in [-0.05, 0) is 49.3 Å². The molecule has 140 valence electrons. The van der Waals surface area contributed by atoms with Crippen LogP contribution < -0.4 is 4.90 Å². The molecule has 0 N–H and O–H groups in total. The number of ether oxygens (including phenoxy) is 1. The zero-order valence-corrected chi connectivity index (χ0v) is 15.2. The summed E-state index contributed by atoms with van der Waals surface area (Å²) in [5.74, 6) is 0.315. The van der Waals surface area contributed by atoms with Gasteiger partial charge in [-0.3, -0.25) is 14.4 Å². The highest BCUT2D eigenvalue weighted by atomic mass is 16.5. The van der Waals surface area contributed by atoms with E-state index in [-0.39, 0.29) is 35.4 Å². The molecule has 1 aromatic carbocycles. The number of carbonyl (C=O) groups is 3. The zero-order valence-electron chi connectivity index (χ0n) is 15.2. The Morgan fingerprint density at radius 2 is 1.70 bits per heavy atom. The molecular formula is C22H23NO4. The van der Waals surface area contributed by atoms with Gasteiger partial charge in [0.05, 0.1) is 29.9 Å². The van der Waals surface area contributed by atoms with Gasteiger partial charge in [0.15, 0.2) is 0 Å². The Hall–Kier alpha value is -2.43. The van der Waals surface area contributed by atoms with E-state index in [4.69, 9.17) is 4.74 Å². The number of nitrogens with zero attached hydrogens (tertiary/aromatic N) is 1. The molecule has 5 rings (SSSR count). The Balaban J connectivity index is 1.62. The molecule has 0 radical (unpaired) electrons. The van der Waals surface area contributed by atoms with Crippen molar-refractivity contribution in [3.05, 3.63) is 41.7 Å². The number of allylic oxidation sites excluding steroid dienone is 1. The number of fused-ring (bicyclic) bond motifs is 5. The average Bonchev–Trinajstić information content (AvgIpc) is 2.83. The molecule has 5 nitrogen and oxygen atoms in total. The summed E-state index contributed by atoms with van der Waals surface area (Å²) in [6.45, 7) is 0.665. The fraction of sp³-hybridized carbons (Fsp3) is 0.500. The molecule has 4 unspecified atom stereocenters. The number of carbonyl (C=O) groups excluding carboxylic acids is 3. The number of para-hydroxylation sites is 1. The molecule has 1 saturated heterocycles. The van der Waals surface area contributed by atoms with Crippen molar-refractivity contribution >= 4 is 23.3 Å². The number of amides is 2. The lowest BCUT2D eigenvalue weighted by Crippen LogP contribution is -2.40. The fourth-order valence-electron chi connectivity index (χ4n) is 5.57. The van der Waals surface area contributed by atoms with Crippen molar-refractivity contribution in [3.8, 4) is 0 Å². The van der Waals surface area contributed by atoms with Gasteiger partial charge in [-0.25, -0.2) is 4.90 Å². The van der Waals surface area contributed by atoms with Crippen LogP contribution in [0.25, 0.3) is 0 Å². The summed E-state index contributed by atoms with van der Waals surface area (Å²) in [6, 6.07) is 9.20. The molecule has 4 aliphatic rings. The van der Waals surface area contributed by atoms with Crippen molar-refractivity contribution in [2.75, 3.05) is 11.5 Å². The van der Waals surface area contributed by atoms with Crippen LogP contribution in [0, 0.1) is 23.7 Å². The highest BCUT2D eigenvalue weighted by molar-refractivity contribution is 6.23. The quantitative estimate of drug-likeness (QED) is 0.717. The van der Waals surface area contributed by atoms with Gasteiger partial charge in [0, 0.05) is 18.8 Å². The Labute approximate surface area is 158 Å². The predicted molar refractivity (Wildman–Crippen MR) is 98.6 cm³/mol. The van der Waals surface area contributed by atoms with Crippen LogP contribution >= 0.6 is 0 Å². The maximum absolute atomic E-state index is 13.4. The molecule has 2 amide bonds. The molecule has 1 saturated carbocycles. The molecule has 2 heterocycles. The minimum atomic E-state index is -0.414. The zero-order chi connectivity index (χ0) is 18.5. The van der Waals surface area contributed by atoms with E-state index in [9.17, 15) is 14.4 Å². The van der Waals surface area contributed by atoms with Crippen LogP contribution in [0.4, 0.5) is 5.69 Å². The minimum absolute atomic E-state index is 0.0171. The molecule has 2 fully saturated rings. The average molecular weight is 365 g/mol. The first-order chi connectivity index (χ1) is 13.2. The maximum atomic E-state index is 13.4. The summed E-state index contributed by atoms with van der Waals surface area (Å²) in [7, 11) is 0. The van der Waals surface area contributed by atoms with E-state index in [0.29, 0.717) is 31.6 Å². The molecule has 0 aromatic heterocycles. The molecule has 0 bridgehead atoms. The van der Waals surface area contributed by atoms with E-state index in [0.717, 1.165) is 30.6 Å². The lowest BCUT2D eigenvalue weighted by molar-refractivity contribution is -0.124. The third-order valence-corrected chi connectivity index (χ3v) is 6.71. The van der Waals surface area contributed by atoms with Crippen LogP contribution in [0.15, 0.2) is 41.7 Å². The lowest BCUT2D eigenvalue weighted by atomic mass is 9.64. The standard InChI is InChI=1S/C22H23NO4/c24-14-8-10-15-16(11-9-14)20-17(7-4-12-27-20)19-18(15)21(25)23(22(19)26)13-5-2-1-3-6-13/h1-3,5-6,15-16,18-19H,4,7-12H2. The number of imide groups is 1. The second-order valence-electron chi connectivity index (χ2n) is 8.08. The lowest BCUT2D eigenvalue weighted by Gasteiger charge is -2.41. The molecule has 2 aliphatic carbocycles. The van der Waals surface area contributed by atoms with Gasteiger partial charge >= 0.3 is 0 Å². The number of benzene rings is 1. The fourth-order valence-corrected chi connectivity index (χ4v) is 5.57. The van der Waals surface area contributed by atoms with Crippen molar-refractivity contribution in [1.29, 1.82) is 0 Å². The van der Waals surface area contributed by atoms with Gasteiger partial charge in [-0.15, -0.1) is 0 Å². The SMILES string of the molecule is O=C1CCC2C3=C(CCCO3)C3C(=O)N(c4ccccc4)C(=O)C3C2CC1. The van der Waals surface area contributed by atoms with Crippen LogP contribution in [-0.4, -0.2) is 24.2 Å². The van der Waals surface area contributed by atoms with Crippen LogP contribution in [0.1, 0.15) is 38.5 Å². The molecule has 2 aliphatic heterocycles. The van der Waals surface area contributed by atoms with Crippen molar-refractivity contribution < 1.29 is 19.1 Å². The minimum Gasteiger partial charge on any atom is -0.498 e. The van der Waals surface area contributed by atoms with Gasteiger partial charge in [0.1, 0.15) is 5.78 Å². The van der Waals surface area contributed by atoms with Crippen molar-refractivity contribution in [2.45, 2.75) is 38.5 Å². The Bertz CT molecular complexity index is 843. The van der Waals surface area contributed by atoms with Crippen molar-refractivity contribution in [1.82, 2.24) is 0 Å². The van der Waals surface area contributed by atoms with Gasteiger partial charge in [0.2, 0.25) is 11.8 Å². The van der Waals surface area contributed by atoms with Crippen LogP contribution in [0.5, 0.6) is 0 Å². The van der Waals surface area contributed by atoms with E-state index in [1.165, 1.54) is 4.90 Å². The van der Waals surface area contributed by atoms with E-state index in [2.05, 4.69) is 0 Å². The summed E-state index contributed by atoms with van der Waals surface area (Å²) in [4.78, 5) is 40.3. The van der Waals surface area contributed by atoms with E-state index < -0.39 is 5.92 Å². The molecule has 4 atom stereocenters. The first-order valence-electron chi connectivity index (χ1n) is 9.97. The number of hydrogen-bond acceptors (Lipinski definition) is 4. The Morgan fingerprint density at radius 1 is 0.926 bits per heavy atom. The van der Waals surface area contributed by atoms with Crippen LogP contribution in [0.3, 0.4) is 0 Å². The third kappa shape index (κ3) is 2.47. The second kappa shape index (κ2) is 6.32. The van der Waals surface area contributed by atoms with Crippen LogP contribution in [-0.2, 0) is 19.1 Å². The van der Waals surface area contributed by atoms with Gasteiger partial charge in [0.25, 0.3) is 0 Å². The topological polar surface area (TPSA) is 63.7 Å². The van der Waals surface area contributed by atoms with Crippen molar-refractivity contribution in [3.63, 3.8) is 0 Å². The molecule has 1 aromatic rings. The summed E-state index contributed by atoms with van der Waals surface area (Å²) in [5, 5.41) is 0. The van der Waals surface area contributed by atoms with E-state index in [1.807, 2.05) is 30.3 Å². The maximum Gasteiger partial charge on any atom is 0.241 e. The number of Topliss-reactive ketones (excluding diaryl/α,β-unsaturated/α-hetero) is 1. The highest BCUT2D eigenvalue weighted by Crippen LogP contribution is 2.54. The third-order valence-electron chi connectivity index (χ3n) is 6.71. The first-order valence-corrected chi connectivity index (χ1v) is 9.97. The van der Waals surface area contributed by atoms with Gasteiger partial charge in [-0.2, -0.15) is 0 Å². The second-order valence-corrected chi connectivity index (χ2v) is 8.08. The molecule has 0 spiro atoms. The van der Waals surface area contributed by atoms with Crippen molar-refractivity contribution in [2.24, 2.45) is 23.7 Å². The number of anilines is 1. The summed E-state index contributed by atoms with van der Waals surface area (Å²) in [6.07, 6.45) is 4.15. The predicted octanol–water partition coefficient (Wildman–Crippen LogP) is 3.25. The Kier molecular flexibility index (Phi) is 3.92. The molecule has 5 heteroatoms. The van der Waals surface area contributed by atoms with Crippen LogP contribution in [0.2, 0.25) is 0 Å². The van der Waals surface area contributed by atoms with E-state index >= 15 is 0 Å². The monoisotopic (exact) mass is 365 g/mol.